The van der Waals surface area contributed by atoms with Crippen LogP contribution in [0.1, 0.15) is 11.3 Å². The molecule has 0 saturated carbocycles. The minimum atomic E-state index is -1.04. The van der Waals surface area contributed by atoms with Gasteiger partial charge in [-0.05, 0) is 36.8 Å². The van der Waals surface area contributed by atoms with Gasteiger partial charge >= 0.3 is 5.97 Å². The van der Waals surface area contributed by atoms with E-state index in [4.69, 9.17) is 5.11 Å². The van der Waals surface area contributed by atoms with Crippen LogP contribution in [0.25, 0.3) is 17.3 Å². The van der Waals surface area contributed by atoms with Gasteiger partial charge in [0.2, 0.25) is 0 Å². The van der Waals surface area contributed by atoms with E-state index >= 15 is 0 Å². The Morgan fingerprint density at radius 2 is 2.16 bits per heavy atom. The van der Waals surface area contributed by atoms with Crippen LogP contribution in [0.3, 0.4) is 0 Å². The second-order valence-electron chi connectivity index (χ2n) is 4.21. The summed E-state index contributed by atoms with van der Waals surface area (Å²) < 4.78 is 15.5. The highest BCUT2D eigenvalue weighted by Gasteiger charge is 2.10. The van der Waals surface area contributed by atoms with Gasteiger partial charge in [0.15, 0.2) is 0 Å². The molecule has 0 bridgehead atoms. The van der Waals surface area contributed by atoms with Crippen molar-refractivity contribution >= 4 is 12.0 Å². The molecule has 2 rings (SSSR count). The maximum absolute atomic E-state index is 13.9. The van der Waals surface area contributed by atoms with Gasteiger partial charge in [0.25, 0.3) is 0 Å². The number of carbonyl (C=O) groups is 1. The van der Waals surface area contributed by atoms with Gasteiger partial charge in [-0.3, -0.25) is 4.68 Å². The van der Waals surface area contributed by atoms with Crippen LogP contribution in [-0.4, -0.2) is 20.9 Å². The molecule has 0 fully saturated rings. The summed E-state index contributed by atoms with van der Waals surface area (Å²) in [6, 6.07) is 6.23. The van der Waals surface area contributed by atoms with Gasteiger partial charge in [-0.1, -0.05) is 6.07 Å². The van der Waals surface area contributed by atoms with Crippen molar-refractivity contribution < 1.29 is 14.3 Å². The zero-order valence-electron chi connectivity index (χ0n) is 10.6. The number of carboxylic acids is 1. The van der Waals surface area contributed by atoms with Crippen molar-refractivity contribution in [2.75, 3.05) is 0 Å². The second-order valence-corrected chi connectivity index (χ2v) is 4.21. The SMILES string of the molecule is Cc1cc(-c2cc(C=CC(=O)O)ccc2F)n(C)n1. The van der Waals surface area contributed by atoms with Crippen LogP contribution in [0.2, 0.25) is 0 Å². The number of aliphatic carboxylic acids is 1. The maximum Gasteiger partial charge on any atom is 0.328 e. The molecule has 1 N–H and O–H groups in total. The molecule has 0 saturated heterocycles. The number of benzene rings is 1. The van der Waals surface area contributed by atoms with Crippen molar-refractivity contribution in [2.24, 2.45) is 7.05 Å². The molecule has 19 heavy (non-hydrogen) atoms. The van der Waals surface area contributed by atoms with E-state index in [1.54, 1.807) is 23.9 Å². The molecule has 0 radical (unpaired) electrons. The maximum atomic E-state index is 13.9. The Labute approximate surface area is 109 Å². The number of hydrogen-bond acceptors (Lipinski definition) is 2. The summed E-state index contributed by atoms with van der Waals surface area (Å²) in [5.41, 5.74) is 2.47. The van der Waals surface area contributed by atoms with Gasteiger partial charge in [0.05, 0.1) is 11.4 Å². The van der Waals surface area contributed by atoms with Crippen LogP contribution in [0.15, 0.2) is 30.3 Å². The van der Waals surface area contributed by atoms with E-state index in [0.717, 1.165) is 11.8 Å². The molecule has 0 unspecified atom stereocenters. The molecule has 5 heteroatoms. The topological polar surface area (TPSA) is 55.1 Å². The lowest BCUT2D eigenvalue weighted by atomic mass is 10.1. The molecular weight excluding hydrogens is 247 g/mol. The highest BCUT2D eigenvalue weighted by Crippen LogP contribution is 2.24. The number of rotatable bonds is 3. The van der Waals surface area contributed by atoms with Crippen LogP contribution < -0.4 is 0 Å². The summed E-state index contributed by atoms with van der Waals surface area (Å²) in [6.45, 7) is 1.83. The molecule has 0 aliphatic rings. The number of hydrogen-bond donors (Lipinski definition) is 1. The molecule has 4 nitrogen and oxygen atoms in total. The molecule has 2 aromatic rings. The molecule has 0 aliphatic heterocycles. The van der Waals surface area contributed by atoms with Crippen LogP contribution in [0, 0.1) is 12.7 Å². The third kappa shape index (κ3) is 2.88. The Kier molecular flexibility index (Phi) is 3.46. The lowest BCUT2D eigenvalue weighted by Gasteiger charge is -2.05. The number of halogens is 1. The van der Waals surface area contributed by atoms with Crippen LogP contribution >= 0.6 is 0 Å². The Morgan fingerprint density at radius 1 is 1.42 bits per heavy atom. The van der Waals surface area contributed by atoms with E-state index in [0.29, 0.717) is 16.8 Å². The highest BCUT2D eigenvalue weighted by atomic mass is 19.1. The molecule has 1 aromatic carbocycles. The summed E-state index contributed by atoms with van der Waals surface area (Å²) in [4.78, 5) is 10.5. The van der Waals surface area contributed by atoms with Crippen LogP contribution in [0.5, 0.6) is 0 Å². The van der Waals surface area contributed by atoms with Crippen molar-refractivity contribution in [3.8, 4) is 11.3 Å². The number of nitrogens with zero attached hydrogens (tertiary/aromatic N) is 2. The fraction of sp³-hybridized carbons (Fsp3) is 0.143. The van der Waals surface area contributed by atoms with Crippen molar-refractivity contribution in [2.45, 2.75) is 6.92 Å². The zero-order chi connectivity index (χ0) is 14.0. The lowest BCUT2D eigenvalue weighted by molar-refractivity contribution is -0.131. The molecular formula is C14H13FN2O2. The van der Waals surface area contributed by atoms with Gasteiger partial charge in [-0.15, -0.1) is 0 Å². The normalized spacial score (nSPS) is 11.1. The molecule has 0 spiro atoms. The fourth-order valence-corrected chi connectivity index (χ4v) is 1.87. The van der Waals surface area contributed by atoms with Crippen molar-refractivity contribution in [3.05, 3.63) is 47.4 Å². The van der Waals surface area contributed by atoms with Crippen molar-refractivity contribution in [1.82, 2.24) is 9.78 Å². The van der Waals surface area contributed by atoms with Gasteiger partial charge in [-0.25, -0.2) is 9.18 Å². The lowest BCUT2D eigenvalue weighted by Crippen LogP contribution is -1.96. The Morgan fingerprint density at radius 3 is 2.74 bits per heavy atom. The Bertz CT molecular complexity index is 659. The van der Waals surface area contributed by atoms with Crippen LogP contribution in [0.4, 0.5) is 4.39 Å². The first kappa shape index (κ1) is 13.0. The molecule has 0 atom stereocenters. The van der Waals surface area contributed by atoms with Gasteiger partial charge in [-0.2, -0.15) is 5.10 Å². The second kappa shape index (κ2) is 5.06. The van der Waals surface area contributed by atoms with Crippen LogP contribution in [-0.2, 0) is 11.8 Å². The quantitative estimate of drug-likeness (QED) is 0.863. The molecule has 0 amide bonds. The fourth-order valence-electron chi connectivity index (χ4n) is 1.87. The monoisotopic (exact) mass is 260 g/mol. The predicted molar refractivity (Wildman–Crippen MR) is 70.0 cm³/mol. The summed E-state index contributed by atoms with van der Waals surface area (Å²) in [5, 5.41) is 12.8. The van der Waals surface area contributed by atoms with Gasteiger partial charge in [0.1, 0.15) is 5.82 Å². The standard InChI is InChI=1S/C14H13FN2O2/c1-9-7-13(17(2)16-9)11-8-10(3-5-12(11)15)4-6-14(18)19/h3-8H,1-2H3,(H,18,19). The first-order chi connectivity index (χ1) is 8.97. The smallest absolute Gasteiger partial charge is 0.328 e. The number of aryl methyl sites for hydroxylation is 2. The largest absolute Gasteiger partial charge is 0.478 e. The minimum absolute atomic E-state index is 0.365. The Hall–Kier alpha value is -2.43. The predicted octanol–water partition coefficient (Wildman–Crippen LogP) is 2.63. The Balaban J connectivity index is 2.48. The van der Waals surface area contributed by atoms with Crippen molar-refractivity contribution in [3.63, 3.8) is 0 Å². The highest BCUT2D eigenvalue weighted by molar-refractivity contribution is 5.85. The summed E-state index contributed by atoms with van der Waals surface area (Å²) in [6.07, 6.45) is 2.44. The third-order valence-corrected chi connectivity index (χ3v) is 2.69. The van der Waals surface area contributed by atoms with E-state index in [2.05, 4.69) is 5.10 Å². The molecule has 0 aliphatic carbocycles. The summed E-state index contributed by atoms with van der Waals surface area (Å²) >= 11 is 0. The zero-order valence-corrected chi connectivity index (χ0v) is 10.6. The third-order valence-electron chi connectivity index (χ3n) is 2.69. The van der Waals surface area contributed by atoms with E-state index in [-0.39, 0.29) is 5.82 Å². The van der Waals surface area contributed by atoms with E-state index < -0.39 is 5.97 Å². The number of carboxylic acid groups (broad SMARTS) is 1. The first-order valence-electron chi connectivity index (χ1n) is 5.69. The molecule has 98 valence electrons. The summed E-state index contributed by atoms with van der Waals surface area (Å²) in [5.74, 6) is -1.40. The average Bonchev–Trinajstić information content (AvgIpc) is 2.67. The van der Waals surface area contributed by atoms with E-state index in [1.165, 1.54) is 18.2 Å². The first-order valence-corrected chi connectivity index (χ1v) is 5.69. The van der Waals surface area contributed by atoms with E-state index in [1.807, 2.05) is 6.92 Å². The minimum Gasteiger partial charge on any atom is -0.478 e. The molecule has 1 aromatic heterocycles. The van der Waals surface area contributed by atoms with Gasteiger partial charge in [0, 0.05) is 18.7 Å². The molecule has 1 heterocycles. The van der Waals surface area contributed by atoms with Crippen molar-refractivity contribution in [1.29, 1.82) is 0 Å². The number of aromatic nitrogens is 2. The van der Waals surface area contributed by atoms with E-state index in [9.17, 15) is 9.18 Å². The summed E-state index contributed by atoms with van der Waals surface area (Å²) in [7, 11) is 1.74. The van der Waals surface area contributed by atoms with Gasteiger partial charge < -0.3 is 5.11 Å². The average molecular weight is 260 g/mol.